The lowest BCUT2D eigenvalue weighted by Crippen LogP contribution is -2.01. The van der Waals surface area contributed by atoms with Crippen molar-refractivity contribution >= 4 is 44.5 Å². The summed E-state index contributed by atoms with van der Waals surface area (Å²) in [5, 5.41) is 9.84. The lowest BCUT2D eigenvalue weighted by molar-refractivity contribution is 0.0697. The van der Waals surface area contributed by atoms with Gasteiger partial charge in [-0.15, -0.1) is 0 Å². The van der Waals surface area contributed by atoms with Crippen LogP contribution in [0.5, 0.6) is 11.5 Å². The van der Waals surface area contributed by atoms with Gasteiger partial charge in [0.1, 0.15) is 12.4 Å². The summed E-state index contributed by atoms with van der Waals surface area (Å²) in [6, 6.07) is 16.0. The predicted octanol–water partition coefficient (Wildman–Crippen LogP) is 6.32. The Hall–Kier alpha value is -3.03. The van der Waals surface area contributed by atoms with Gasteiger partial charge in [0.15, 0.2) is 11.5 Å². The largest absolute Gasteiger partial charge is 0.490 e. The Morgan fingerprint density at radius 1 is 1.16 bits per heavy atom. The molecule has 0 amide bonds. The summed E-state index contributed by atoms with van der Waals surface area (Å²) in [4.78, 5) is 19.0. The number of aromatic nitrogens is 2. The normalized spacial score (nSPS) is 10.9. The number of hydrogen-bond donors (Lipinski definition) is 2. The fourth-order valence-electron chi connectivity index (χ4n) is 3.15. The van der Waals surface area contributed by atoms with E-state index < -0.39 is 5.97 Å². The minimum Gasteiger partial charge on any atom is -0.490 e. The first kappa shape index (κ1) is 21.2. The topological polar surface area (TPSA) is 84.4 Å². The number of nitrogens with one attached hydrogen (secondary N) is 1. The third-order valence-corrected chi connectivity index (χ3v) is 5.60. The fraction of sp³-hybridized carbons (Fsp3) is 0.130. The number of hydrogen-bond acceptors (Lipinski definition) is 4. The maximum atomic E-state index is 11.2. The van der Waals surface area contributed by atoms with Gasteiger partial charge < -0.3 is 19.6 Å². The summed E-state index contributed by atoms with van der Waals surface area (Å²) in [5.74, 6) is 0.733. The summed E-state index contributed by atoms with van der Waals surface area (Å²) in [6.45, 7) is 2.65. The number of halogens is 2. The molecular weight excluding hydrogens is 484 g/mol. The number of H-pyrrole nitrogens is 1. The molecule has 0 saturated heterocycles. The number of fused-ring (bicyclic) bond motifs is 1. The van der Waals surface area contributed by atoms with Crippen molar-refractivity contribution in [2.75, 3.05) is 6.61 Å². The van der Waals surface area contributed by atoms with Gasteiger partial charge in [0.05, 0.1) is 27.7 Å². The van der Waals surface area contributed by atoms with Gasteiger partial charge >= 0.3 is 5.97 Å². The van der Waals surface area contributed by atoms with E-state index in [1.54, 1.807) is 12.1 Å². The highest BCUT2D eigenvalue weighted by Crippen LogP contribution is 2.40. The highest BCUT2D eigenvalue weighted by atomic mass is 79.9. The summed E-state index contributed by atoms with van der Waals surface area (Å²) in [7, 11) is 0. The van der Waals surface area contributed by atoms with Gasteiger partial charge in [-0.25, -0.2) is 9.78 Å². The van der Waals surface area contributed by atoms with E-state index in [1.807, 2.05) is 43.3 Å². The van der Waals surface area contributed by atoms with E-state index in [1.165, 1.54) is 6.07 Å². The van der Waals surface area contributed by atoms with Gasteiger partial charge in [-0.2, -0.15) is 0 Å². The zero-order chi connectivity index (χ0) is 22.0. The van der Waals surface area contributed by atoms with Crippen molar-refractivity contribution in [3.63, 3.8) is 0 Å². The first-order chi connectivity index (χ1) is 15.0. The van der Waals surface area contributed by atoms with E-state index in [2.05, 4.69) is 25.9 Å². The fourth-order valence-corrected chi connectivity index (χ4v) is 3.90. The Kier molecular flexibility index (Phi) is 6.15. The van der Waals surface area contributed by atoms with E-state index in [0.29, 0.717) is 51.1 Å². The standard InChI is InChI=1S/C23H18BrClN2O4/c1-2-30-20-11-15(22-26-18-8-7-13(23(28)29)10-19(18)27-22)9-16(24)21(20)31-12-14-5-3-4-6-17(14)25/h3-11H,2,12H2,1H3,(H,26,27)(H,28,29). The van der Waals surface area contributed by atoms with Crippen molar-refractivity contribution in [1.82, 2.24) is 9.97 Å². The van der Waals surface area contributed by atoms with E-state index in [-0.39, 0.29) is 5.56 Å². The average Bonchev–Trinajstić information content (AvgIpc) is 3.18. The van der Waals surface area contributed by atoms with Crippen LogP contribution in [0.4, 0.5) is 0 Å². The number of nitrogens with zero attached hydrogens (tertiary/aromatic N) is 1. The molecule has 1 aromatic heterocycles. The van der Waals surface area contributed by atoms with Crippen molar-refractivity contribution in [2.24, 2.45) is 0 Å². The highest BCUT2D eigenvalue weighted by Gasteiger charge is 2.16. The predicted molar refractivity (Wildman–Crippen MR) is 123 cm³/mol. The van der Waals surface area contributed by atoms with Crippen molar-refractivity contribution in [3.8, 4) is 22.9 Å². The van der Waals surface area contributed by atoms with Crippen LogP contribution in [0, 0.1) is 0 Å². The Balaban J connectivity index is 1.69. The molecule has 0 radical (unpaired) electrons. The molecule has 2 N–H and O–H groups in total. The zero-order valence-electron chi connectivity index (χ0n) is 16.5. The van der Waals surface area contributed by atoms with Crippen LogP contribution in [0.15, 0.2) is 59.1 Å². The number of carboxylic acids is 1. The van der Waals surface area contributed by atoms with Crippen molar-refractivity contribution in [1.29, 1.82) is 0 Å². The third kappa shape index (κ3) is 4.52. The number of ether oxygens (including phenoxy) is 2. The minimum atomic E-state index is -0.987. The van der Waals surface area contributed by atoms with Gasteiger partial charge in [-0.3, -0.25) is 0 Å². The van der Waals surface area contributed by atoms with Gasteiger partial charge in [0, 0.05) is 16.1 Å². The van der Waals surface area contributed by atoms with Crippen LogP contribution in [-0.4, -0.2) is 27.7 Å². The maximum absolute atomic E-state index is 11.2. The molecule has 0 spiro atoms. The average molecular weight is 502 g/mol. The molecule has 0 unspecified atom stereocenters. The van der Waals surface area contributed by atoms with E-state index in [9.17, 15) is 9.90 Å². The number of benzene rings is 3. The second kappa shape index (κ2) is 8.99. The Morgan fingerprint density at radius 2 is 1.97 bits per heavy atom. The van der Waals surface area contributed by atoms with Crippen LogP contribution < -0.4 is 9.47 Å². The van der Waals surface area contributed by atoms with Crippen LogP contribution in [0.2, 0.25) is 5.02 Å². The molecule has 1 heterocycles. The first-order valence-corrected chi connectivity index (χ1v) is 10.7. The Labute approximate surface area is 191 Å². The van der Waals surface area contributed by atoms with Crippen LogP contribution in [-0.2, 0) is 6.61 Å². The van der Waals surface area contributed by atoms with Gasteiger partial charge in [0.25, 0.3) is 0 Å². The molecule has 6 nitrogen and oxygen atoms in total. The van der Waals surface area contributed by atoms with Crippen LogP contribution in [0.25, 0.3) is 22.4 Å². The molecule has 0 aliphatic carbocycles. The van der Waals surface area contributed by atoms with E-state index in [4.69, 9.17) is 21.1 Å². The Morgan fingerprint density at radius 3 is 2.71 bits per heavy atom. The summed E-state index contributed by atoms with van der Waals surface area (Å²) >= 11 is 9.81. The maximum Gasteiger partial charge on any atom is 0.335 e. The molecule has 3 aromatic carbocycles. The number of rotatable bonds is 7. The molecule has 0 fully saturated rings. The van der Waals surface area contributed by atoms with E-state index >= 15 is 0 Å². The number of carboxylic acid groups (broad SMARTS) is 1. The van der Waals surface area contributed by atoms with Crippen LogP contribution >= 0.6 is 27.5 Å². The first-order valence-electron chi connectivity index (χ1n) is 9.52. The summed E-state index contributed by atoms with van der Waals surface area (Å²) < 4.78 is 12.5. The summed E-state index contributed by atoms with van der Waals surface area (Å²) in [6.07, 6.45) is 0. The molecule has 158 valence electrons. The zero-order valence-corrected chi connectivity index (χ0v) is 18.8. The molecule has 0 aliphatic rings. The third-order valence-electron chi connectivity index (χ3n) is 4.64. The van der Waals surface area contributed by atoms with Crippen LogP contribution in [0.3, 0.4) is 0 Å². The molecule has 4 aromatic rings. The second-order valence-corrected chi connectivity index (χ2v) is 7.98. The van der Waals surface area contributed by atoms with Crippen molar-refractivity contribution in [2.45, 2.75) is 13.5 Å². The van der Waals surface area contributed by atoms with E-state index in [0.717, 1.165) is 11.1 Å². The molecule has 8 heteroatoms. The monoisotopic (exact) mass is 500 g/mol. The SMILES string of the molecule is CCOc1cc(-c2nc3ccc(C(=O)O)cc3[nH]2)cc(Br)c1OCc1ccccc1Cl. The quantitative estimate of drug-likeness (QED) is 0.309. The molecule has 0 bridgehead atoms. The van der Waals surface area contributed by atoms with Crippen LogP contribution in [0.1, 0.15) is 22.8 Å². The number of aromatic carboxylic acids is 1. The smallest absolute Gasteiger partial charge is 0.335 e. The Bertz CT molecular complexity index is 1270. The number of carbonyl (C=O) groups is 1. The van der Waals surface area contributed by atoms with Gasteiger partial charge in [0.2, 0.25) is 0 Å². The highest BCUT2D eigenvalue weighted by molar-refractivity contribution is 9.10. The van der Waals surface area contributed by atoms with Crippen molar-refractivity contribution in [3.05, 3.63) is 75.2 Å². The number of aromatic amines is 1. The molecule has 31 heavy (non-hydrogen) atoms. The molecule has 0 saturated carbocycles. The van der Waals surface area contributed by atoms with Gasteiger partial charge in [-0.05, 0) is 59.3 Å². The molecule has 4 rings (SSSR count). The van der Waals surface area contributed by atoms with Crippen molar-refractivity contribution < 1.29 is 19.4 Å². The molecule has 0 atom stereocenters. The number of imidazole rings is 1. The minimum absolute atomic E-state index is 0.196. The molecular formula is C23H18BrClN2O4. The summed E-state index contributed by atoms with van der Waals surface area (Å²) in [5.41, 5.74) is 3.15. The second-order valence-electron chi connectivity index (χ2n) is 6.72. The lowest BCUT2D eigenvalue weighted by Gasteiger charge is -2.15. The lowest BCUT2D eigenvalue weighted by atomic mass is 10.2. The van der Waals surface area contributed by atoms with Gasteiger partial charge in [-0.1, -0.05) is 29.8 Å². The molecule has 0 aliphatic heterocycles.